The lowest BCUT2D eigenvalue weighted by molar-refractivity contribution is 0.0939. The number of aryl methyl sites for hydroxylation is 2. The first-order chi connectivity index (χ1) is 9.88. The fourth-order valence-electron chi connectivity index (χ4n) is 2.09. The van der Waals surface area contributed by atoms with E-state index >= 15 is 0 Å². The Labute approximate surface area is 129 Å². The van der Waals surface area contributed by atoms with Crippen molar-refractivity contribution in [2.24, 2.45) is 0 Å². The minimum absolute atomic E-state index is 0.183. The van der Waals surface area contributed by atoms with Crippen molar-refractivity contribution in [3.63, 3.8) is 0 Å². The highest BCUT2D eigenvalue weighted by Gasteiger charge is 2.14. The SMILES string of the molecule is Cc1ccc(C(C)NC(=O)c2cc(S)ccc2C)cc1F. The summed E-state index contributed by atoms with van der Waals surface area (Å²) in [5.74, 6) is -0.445. The Kier molecular flexibility index (Phi) is 4.68. The molecule has 0 fully saturated rings. The largest absolute Gasteiger partial charge is 0.346 e. The number of halogens is 1. The number of carbonyl (C=O) groups excluding carboxylic acids is 1. The number of nitrogens with one attached hydrogen (secondary N) is 1. The molecule has 2 aromatic rings. The average Bonchev–Trinajstić information content (AvgIpc) is 2.44. The van der Waals surface area contributed by atoms with E-state index in [1.807, 2.05) is 32.0 Å². The molecule has 4 heteroatoms. The van der Waals surface area contributed by atoms with Crippen LogP contribution in [0.15, 0.2) is 41.3 Å². The van der Waals surface area contributed by atoms with Crippen molar-refractivity contribution in [2.45, 2.75) is 31.7 Å². The van der Waals surface area contributed by atoms with Crippen molar-refractivity contribution in [1.29, 1.82) is 0 Å². The van der Waals surface area contributed by atoms with Crippen molar-refractivity contribution >= 4 is 18.5 Å². The molecule has 0 aromatic heterocycles. The molecule has 1 atom stereocenters. The topological polar surface area (TPSA) is 29.1 Å². The number of benzene rings is 2. The summed E-state index contributed by atoms with van der Waals surface area (Å²) in [4.78, 5) is 13.1. The number of rotatable bonds is 3. The van der Waals surface area contributed by atoms with Crippen molar-refractivity contribution in [3.05, 3.63) is 64.5 Å². The maximum atomic E-state index is 13.6. The molecule has 0 bridgehead atoms. The van der Waals surface area contributed by atoms with Gasteiger partial charge in [-0.25, -0.2) is 4.39 Å². The van der Waals surface area contributed by atoms with Gasteiger partial charge in [-0.2, -0.15) is 0 Å². The van der Waals surface area contributed by atoms with Crippen LogP contribution in [0.3, 0.4) is 0 Å². The number of thiol groups is 1. The smallest absolute Gasteiger partial charge is 0.252 e. The number of carbonyl (C=O) groups is 1. The molecule has 2 rings (SSSR count). The molecule has 1 unspecified atom stereocenters. The van der Waals surface area contributed by atoms with Crippen LogP contribution in [0.1, 0.15) is 40.0 Å². The standard InChI is InChI=1S/C17H18FNOS/c1-10-5-7-14(21)9-15(10)17(20)19-12(3)13-6-4-11(2)16(18)8-13/h4-9,12,21H,1-3H3,(H,19,20). The zero-order valence-electron chi connectivity index (χ0n) is 12.3. The van der Waals surface area contributed by atoms with E-state index in [1.54, 1.807) is 19.1 Å². The van der Waals surface area contributed by atoms with Crippen LogP contribution >= 0.6 is 12.6 Å². The molecular weight excluding hydrogens is 285 g/mol. The summed E-state index contributed by atoms with van der Waals surface area (Å²) >= 11 is 4.25. The molecule has 1 amide bonds. The second-order valence-corrected chi connectivity index (χ2v) is 5.72. The highest BCUT2D eigenvalue weighted by atomic mass is 32.1. The van der Waals surface area contributed by atoms with Gasteiger partial charge < -0.3 is 5.32 Å². The highest BCUT2D eigenvalue weighted by molar-refractivity contribution is 7.80. The Morgan fingerprint density at radius 1 is 1.14 bits per heavy atom. The first kappa shape index (κ1) is 15.6. The molecule has 110 valence electrons. The van der Waals surface area contributed by atoms with Crippen LogP contribution < -0.4 is 5.32 Å². The third-order valence-corrected chi connectivity index (χ3v) is 3.79. The van der Waals surface area contributed by atoms with Crippen LogP contribution in [0.25, 0.3) is 0 Å². The number of hydrogen-bond donors (Lipinski definition) is 2. The third kappa shape index (κ3) is 3.64. The Morgan fingerprint density at radius 3 is 2.48 bits per heavy atom. The summed E-state index contributed by atoms with van der Waals surface area (Å²) in [6.07, 6.45) is 0. The average molecular weight is 303 g/mol. The minimum Gasteiger partial charge on any atom is -0.346 e. The molecule has 0 saturated carbocycles. The molecule has 0 aliphatic rings. The van der Waals surface area contributed by atoms with E-state index in [-0.39, 0.29) is 17.8 Å². The molecule has 2 aromatic carbocycles. The van der Waals surface area contributed by atoms with Crippen LogP contribution in [-0.4, -0.2) is 5.91 Å². The van der Waals surface area contributed by atoms with Crippen LogP contribution in [0.4, 0.5) is 4.39 Å². The molecule has 2 nitrogen and oxygen atoms in total. The van der Waals surface area contributed by atoms with Gasteiger partial charge in [-0.15, -0.1) is 12.6 Å². The molecule has 0 heterocycles. The lowest BCUT2D eigenvalue weighted by Gasteiger charge is -2.16. The molecule has 0 aliphatic heterocycles. The van der Waals surface area contributed by atoms with Gasteiger partial charge in [0.25, 0.3) is 5.91 Å². The lowest BCUT2D eigenvalue weighted by atomic mass is 10.0. The van der Waals surface area contributed by atoms with Gasteiger partial charge in [-0.05, 0) is 55.7 Å². The van der Waals surface area contributed by atoms with Crippen molar-refractivity contribution in [1.82, 2.24) is 5.32 Å². The van der Waals surface area contributed by atoms with Gasteiger partial charge >= 0.3 is 0 Å². The van der Waals surface area contributed by atoms with Gasteiger partial charge in [-0.1, -0.05) is 18.2 Å². The van der Waals surface area contributed by atoms with Gasteiger partial charge in [0.1, 0.15) is 5.82 Å². The van der Waals surface area contributed by atoms with Crippen molar-refractivity contribution in [2.75, 3.05) is 0 Å². The summed E-state index contributed by atoms with van der Waals surface area (Å²) in [6.45, 7) is 5.42. The van der Waals surface area contributed by atoms with E-state index in [1.165, 1.54) is 6.07 Å². The van der Waals surface area contributed by atoms with E-state index in [0.717, 1.165) is 16.0 Å². The molecular formula is C17H18FNOS. The minimum atomic E-state index is -0.268. The first-order valence-corrected chi connectivity index (χ1v) is 7.19. The van der Waals surface area contributed by atoms with E-state index in [4.69, 9.17) is 0 Å². The van der Waals surface area contributed by atoms with Gasteiger partial charge in [-0.3, -0.25) is 4.79 Å². The second-order valence-electron chi connectivity index (χ2n) is 5.20. The first-order valence-electron chi connectivity index (χ1n) is 6.75. The maximum Gasteiger partial charge on any atom is 0.252 e. The summed E-state index contributed by atoms with van der Waals surface area (Å²) in [6, 6.07) is 10.2. The Hall–Kier alpha value is -1.81. The number of hydrogen-bond acceptors (Lipinski definition) is 2. The van der Waals surface area contributed by atoms with Crippen LogP contribution in [0.5, 0.6) is 0 Å². The second kappa shape index (κ2) is 6.31. The van der Waals surface area contributed by atoms with E-state index in [9.17, 15) is 9.18 Å². The summed E-state index contributed by atoms with van der Waals surface area (Å²) in [7, 11) is 0. The van der Waals surface area contributed by atoms with E-state index < -0.39 is 0 Å². The normalized spacial score (nSPS) is 12.0. The maximum absolute atomic E-state index is 13.6. The van der Waals surface area contributed by atoms with Gasteiger partial charge in [0.15, 0.2) is 0 Å². The molecule has 1 N–H and O–H groups in total. The molecule has 0 spiro atoms. The molecule has 0 aliphatic carbocycles. The monoisotopic (exact) mass is 303 g/mol. The molecule has 21 heavy (non-hydrogen) atoms. The summed E-state index contributed by atoms with van der Waals surface area (Å²) < 4.78 is 13.6. The van der Waals surface area contributed by atoms with Gasteiger partial charge in [0.05, 0.1) is 6.04 Å². The van der Waals surface area contributed by atoms with Crippen LogP contribution in [-0.2, 0) is 0 Å². The predicted octanol–water partition coefficient (Wildman–Crippen LogP) is 4.22. The highest BCUT2D eigenvalue weighted by Crippen LogP contribution is 2.19. The van der Waals surface area contributed by atoms with Gasteiger partial charge in [0.2, 0.25) is 0 Å². The zero-order valence-corrected chi connectivity index (χ0v) is 13.2. The zero-order chi connectivity index (χ0) is 15.6. The van der Waals surface area contributed by atoms with Gasteiger partial charge in [0, 0.05) is 10.5 Å². The Balaban J connectivity index is 2.18. The Bertz CT molecular complexity index is 684. The van der Waals surface area contributed by atoms with Crippen LogP contribution in [0.2, 0.25) is 0 Å². The summed E-state index contributed by atoms with van der Waals surface area (Å²) in [5.41, 5.74) is 2.80. The van der Waals surface area contributed by atoms with Crippen LogP contribution in [0, 0.1) is 19.7 Å². The molecule has 0 radical (unpaired) electrons. The Morgan fingerprint density at radius 2 is 1.81 bits per heavy atom. The molecule has 0 saturated heterocycles. The third-order valence-electron chi connectivity index (χ3n) is 3.51. The van der Waals surface area contributed by atoms with E-state index in [0.29, 0.717) is 11.1 Å². The summed E-state index contributed by atoms with van der Waals surface area (Å²) in [5, 5.41) is 2.89. The van der Waals surface area contributed by atoms with E-state index in [2.05, 4.69) is 17.9 Å². The number of amides is 1. The van der Waals surface area contributed by atoms with Crippen molar-refractivity contribution < 1.29 is 9.18 Å². The lowest BCUT2D eigenvalue weighted by Crippen LogP contribution is -2.27. The fourth-order valence-corrected chi connectivity index (χ4v) is 2.29. The fraction of sp³-hybridized carbons (Fsp3) is 0.235. The quantitative estimate of drug-likeness (QED) is 0.817. The van der Waals surface area contributed by atoms with Crippen molar-refractivity contribution in [3.8, 4) is 0 Å². The predicted molar refractivity (Wildman–Crippen MR) is 85.4 cm³/mol.